The van der Waals surface area contributed by atoms with Crippen LogP contribution < -0.4 is 11.5 Å². The van der Waals surface area contributed by atoms with Gasteiger partial charge >= 0.3 is 72.4 Å². The summed E-state index contributed by atoms with van der Waals surface area (Å²) >= 11 is 0. The lowest BCUT2D eigenvalue weighted by Crippen LogP contribution is -2.72. The number of hydrogen-bond donors (Lipinski definition) is 5. The quantitative estimate of drug-likeness (QED) is 0.142. The van der Waals surface area contributed by atoms with Crippen molar-refractivity contribution in [2.24, 2.45) is 11.5 Å². The van der Waals surface area contributed by atoms with Gasteiger partial charge in [0.25, 0.3) is 0 Å². The minimum Gasteiger partial charge on any atom is -0.413 e. The van der Waals surface area contributed by atoms with E-state index in [1.54, 1.807) is 21.3 Å². The lowest BCUT2D eigenvalue weighted by atomic mass is 10.5. The van der Waals surface area contributed by atoms with Crippen LogP contribution in [0.2, 0.25) is 51.4 Å². The fourth-order valence-electron chi connectivity index (χ4n) is 3.61. The molecule has 0 spiro atoms. The zero-order valence-electron chi connectivity index (χ0n) is 24.1. The Labute approximate surface area is 245 Å². The zero-order chi connectivity index (χ0) is 29.6. The molecule has 2 rings (SSSR count). The molecule has 2 saturated heterocycles. The van der Waals surface area contributed by atoms with Crippen LogP contribution in [0.5, 0.6) is 0 Å². The monoisotopic (exact) mass is 706 g/mol. The minimum absolute atomic E-state index is 0. The van der Waals surface area contributed by atoms with Crippen molar-refractivity contribution in [2.45, 2.75) is 71.6 Å². The van der Waals surface area contributed by atoms with E-state index in [0.717, 1.165) is 24.9 Å². The standard InChI is InChI=1S/C6H19NO5Si4.C6H17NO3Si.C3H14O5Si3.CH4/c1-13-8-15(3)9-14(2)11-16(10-13,12-15)6-4-5-7;1-8-11(9-2,10-3)6-4-5-7;1-9(4)7-11(3,6)8-10(2)5;/h13-14H,4-7H2,1-3H3;4-7H2,1-3H3;4-6,9-10H,1-3H3;1H4. The molecule has 0 radical (unpaired) electrons. The Bertz CT molecular complexity index is 609. The van der Waals surface area contributed by atoms with Crippen molar-refractivity contribution < 1.29 is 56.5 Å². The average molecular weight is 707 g/mol. The van der Waals surface area contributed by atoms with Crippen molar-refractivity contribution in [2.75, 3.05) is 34.4 Å². The van der Waals surface area contributed by atoms with E-state index in [1.807, 2.05) is 19.6 Å². The lowest BCUT2D eigenvalue weighted by molar-refractivity contribution is 0.0903. The molecule has 2 fully saturated rings. The predicted molar refractivity (Wildman–Crippen MR) is 166 cm³/mol. The fourth-order valence-corrected chi connectivity index (χ4v) is 29.5. The summed E-state index contributed by atoms with van der Waals surface area (Å²) in [6.07, 6.45) is 1.75. The van der Waals surface area contributed by atoms with Crippen molar-refractivity contribution in [1.29, 1.82) is 0 Å². The highest BCUT2D eigenvalue weighted by Crippen LogP contribution is 2.35. The highest BCUT2D eigenvalue weighted by Gasteiger charge is 2.61. The molecule has 0 aromatic heterocycles. The third kappa shape index (κ3) is 17.1. The lowest BCUT2D eigenvalue weighted by Gasteiger charge is -2.50. The first-order chi connectivity index (χ1) is 17.5. The van der Waals surface area contributed by atoms with Crippen molar-refractivity contribution in [1.82, 2.24) is 0 Å². The zero-order valence-corrected chi connectivity index (χ0v) is 32.7. The van der Waals surface area contributed by atoms with E-state index >= 15 is 0 Å². The van der Waals surface area contributed by atoms with Crippen molar-refractivity contribution >= 4 is 72.4 Å². The van der Waals surface area contributed by atoms with Gasteiger partial charge in [-0.25, -0.2) is 0 Å². The Morgan fingerprint density at radius 1 is 0.846 bits per heavy atom. The molecular weight excluding hydrogens is 653 g/mol. The maximum absolute atomic E-state index is 9.30. The SMILES string of the molecule is C.CO[Si](CCCN)(OC)OC.C[SiH](O)O[Si](C)(O)O[SiH](C)O.C[SiH]1O[Si]2(C)O[SiH](C)O[Si](CCCN)(O1)O2. The molecule has 2 aliphatic heterocycles. The smallest absolute Gasteiger partial charge is 0.413 e. The Kier molecular flexibility index (Phi) is 21.8. The summed E-state index contributed by atoms with van der Waals surface area (Å²) < 4.78 is 54.5. The first kappa shape index (κ1) is 42.3. The summed E-state index contributed by atoms with van der Waals surface area (Å²) in [6.45, 7) is 11.6. The summed E-state index contributed by atoms with van der Waals surface area (Å²) in [5.74, 6) is 0. The predicted octanol–water partition coefficient (Wildman–Crippen LogP) is -1.23. The van der Waals surface area contributed by atoms with Crippen molar-refractivity contribution in [3.05, 3.63) is 0 Å². The molecule has 238 valence electrons. The maximum Gasteiger partial charge on any atom is 0.500 e. The van der Waals surface area contributed by atoms with Crippen LogP contribution in [0.15, 0.2) is 0 Å². The maximum atomic E-state index is 9.30. The Morgan fingerprint density at radius 2 is 1.26 bits per heavy atom. The molecule has 0 aliphatic carbocycles. The van der Waals surface area contributed by atoms with Gasteiger partial charge in [-0.15, -0.1) is 0 Å². The van der Waals surface area contributed by atoms with E-state index < -0.39 is 72.4 Å². The summed E-state index contributed by atoms with van der Waals surface area (Å²) in [7, 11) is -13.5. The van der Waals surface area contributed by atoms with Crippen LogP contribution in [0.4, 0.5) is 0 Å². The molecule has 2 heterocycles. The molecule has 4 unspecified atom stereocenters. The molecule has 23 heteroatoms. The molecule has 2 aliphatic rings. The molecule has 39 heavy (non-hydrogen) atoms. The van der Waals surface area contributed by atoms with E-state index in [2.05, 4.69) is 0 Å². The number of hydrogen-bond acceptors (Lipinski definition) is 15. The van der Waals surface area contributed by atoms with Crippen LogP contribution in [0.25, 0.3) is 0 Å². The fraction of sp³-hybridized carbons (Fsp3) is 1.00. The minimum atomic E-state index is -3.21. The molecule has 0 amide bonds. The van der Waals surface area contributed by atoms with Crippen LogP contribution in [0.1, 0.15) is 20.3 Å². The van der Waals surface area contributed by atoms with Gasteiger partial charge in [0, 0.05) is 46.5 Å². The molecule has 15 nitrogen and oxygen atoms in total. The Morgan fingerprint density at radius 3 is 1.59 bits per heavy atom. The van der Waals surface area contributed by atoms with Crippen LogP contribution >= 0.6 is 0 Å². The van der Waals surface area contributed by atoms with E-state index in [0.29, 0.717) is 13.1 Å². The molecule has 0 aromatic rings. The third-order valence-electron chi connectivity index (χ3n) is 4.88. The normalized spacial score (nSPS) is 29.4. The van der Waals surface area contributed by atoms with E-state index in [9.17, 15) is 4.80 Å². The Hall–Kier alpha value is 1.14. The second kappa shape index (κ2) is 20.2. The first-order valence-corrected chi connectivity index (χ1v) is 29.3. The van der Waals surface area contributed by atoms with Crippen molar-refractivity contribution in [3.63, 3.8) is 0 Å². The topological polar surface area (TPSA) is 205 Å². The first-order valence-electron chi connectivity index (χ1n) is 12.5. The highest BCUT2D eigenvalue weighted by atomic mass is 28.6. The largest absolute Gasteiger partial charge is 0.500 e. The van der Waals surface area contributed by atoms with Gasteiger partial charge in [-0.3, -0.25) is 0 Å². The number of rotatable bonds is 13. The van der Waals surface area contributed by atoms with Gasteiger partial charge in [-0.2, -0.15) is 0 Å². The number of nitrogens with two attached hydrogens (primary N) is 2. The molecule has 7 N–H and O–H groups in total. The second-order valence-corrected chi connectivity index (χ2v) is 28.3. The van der Waals surface area contributed by atoms with E-state index in [-0.39, 0.29) is 7.43 Å². The van der Waals surface area contributed by atoms with Crippen LogP contribution in [0.3, 0.4) is 0 Å². The summed E-state index contributed by atoms with van der Waals surface area (Å²) in [5.41, 5.74) is 10.9. The second-order valence-electron chi connectivity index (χ2n) is 8.67. The Balaban J connectivity index is 0. The molecule has 4 atom stereocenters. The van der Waals surface area contributed by atoms with E-state index in [1.165, 1.54) is 19.6 Å². The van der Waals surface area contributed by atoms with Gasteiger partial charge in [0.15, 0.2) is 0 Å². The highest BCUT2D eigenvalue weighted by molar-refractivity contribution is 6.90. The summed E-state index contributed by atoms with van der Waals surface area (Å²) in [4.78, 5) is 27.0. The van der Waals surface area contributed by atoms with Gasteiger partial charge < -0.3 is 67.9 Å². The average Bonchev–Trinajstić information content (AvgIpc) is 2.76. The van der Waals surface area contributed by atoms with E-state index in [4.69, 9.17) is 63.1 Å². The van der Waals surface area contributed by atoms with Crippen LogP contribution in [-0.2, 0) is 42.1 Å². The van der Waals surface area contributed by atoms with Crippen molar-refractivity contribution in [3.8, 4) is 0 Å². The van der Waals surface area contributed by atoms with Gasteiger partial charge in [0.2, 0.25) is 0 Å². The third-order valence-corrected chi connectivity index (χ3v) is 29.2. The van der Waals surface area contributed by atoms with Gasteiger partial charge in [-0.05, 0) is 52.1 Å². The van der Waals surface area contributed by atoms with Crippen LogP contribution in [0, 0.1) is 0 Å². The molecule has 0 aromatic carbocycles. The molecule has 0 saturated carbocycles. The number of fused-ring (bicyclic) bond motifs is 2. The van der Waals surface area contributed by atoms with Crippen LogP contribution in [-0.4, -0.2) is 121 Å². The molecule has 2 bridgehead atoms. The molecular formula is C16H54N2O13Si8. The van der Waals surface area contributed by atoms with Gasteiger partial charge in [0.05, 0.1) is 0 Å². The summed E-state index contributed by atoms with van der Waals surface area (Å²) in [6, 6.07) is 1.58. The van der Waals surface area contributed by atoms with Gasteiger partial charge in [0.1, 0.15) is 0 Å². The summed E-state index contributed by atoms with van der Waals surface area (Å²) in [5, 5.41) is 0. The van der Waals surface area contributed by atoms with Gasteiger partial charge in [-0.1, -0.05) is 7.43 Å².